The van der Waals surface area contributed by atoms with E-state index in [4.69, 9.17) is 20.8 Å². The Bertz CT molecular complexity index is 996. The number of rotatable bonds is 3. The van der Waals surface area contributed by atoms with Crippen molar-refractivity contribution in [2.75, 3.05) is 0 Å². The molecule has 7 heteroatoms. The number of hydrogen-bond acceptors (Lipinski definition) is 5. The number of fused-ring (bicyclic) bond motifs is 1. The zero-order valence-corrected chi connectivity index (χ0v) is 12.8. The maximum Gasteiger partial charge on any atom is 0.339 e. The molecular formula is C17H10ClFO5. The van der Waals surface area contributed by atoms with Gasteiger partial charge in [0, 0.05) is 23.1 Å². The number of phenols is 1. The molecule has 0 saturated carbocycles. The Morgan fingerprint density at radius 3 is 2.75 bits per heavy atom. The van der Waals surface area contributed by atoms with Gasteiger partial charge in [-0.1, -0.05) is 11.6 Å². The van der Waals surface area contributed by atoms with Crippen LogP contribution in [0.15, 0.2) is 51.7 Å². The molecule has 0 saturated heterocycles. The fraction of sp³-hybridized carbons (Fsp3) is 0.0588. The van der Waals surface area contributed by atoms with Gasteiger partial charge in [-0.25, -0.2) is 14.0 Å². The lowest BCUT2D eigenvalue weighted by Crippen LogP contribution is -2.08. The smallest absolute Gasteiger partial charge is 0.339 e. The molecule has 0 radical (unpaired) electrons. The van der Waals surface area contributed by atoms with Crippen LogP contribution in [0, 0.1) is 5.82 Å². The van der Waals surface area contributed by atoms with Crippen LogP contribution in [-0.4, -0.2) is 11.1 Å². The molecule has 0 aliphatic carbocycles. The van der Waals surface area contributed by atoms with Gasteiger partial charge in [0.2, 0.25) is 0 Å². The molecule has 0 spiro atoms. The summed E-state index contributed by atoms with van der Waals surface area (Å²) < 4.78 is 23.1. The van der Waals surface area contributed by atoms with Crippen LogP contribution in [0.2, 0.25) is 5.02 Å². The van der Waals surface area contributed by atoms with Crippen LogP contribution in [0.5, 0.6) is 5.75 Å². The first-order valence-electron chi connectivity index (χ1n) is 6.82. The maximum absolute atomic E-state index is 13.0. The molecule has 24 heavy (non-hydrogen) atoms. The fourth-order valence-electron chi connectivity index (χ4n) is 2.21. The molecule has 1 aromatic heterocycles. The monoisotopic (exact) mass is 348 g/mol. The van der Waals surface area contributed by atoms with Gasteiger partial charge in [-0.3, -0.25) is 0 Å². The first-order valence-corrected chi connectivity index (χ1v) is 7.20. The van der Waals surface area contributed by atoms with Crippen molar-refractivity contribution in [1.29, 1.82) is 0 Å². The van der Waals surface area contributed by atoms with Gasteiger partial charge in [-0.2, -0.15) is 0 Å². The Balaban J connectivity index is 1.88. The Morgan fingerprint density at radius 2 is 2.00 bits per heavy atom. The number of esters is 1. The van der Waals surface area contributed by atoms with Crippen LogP contribution in [0.3, 0.4) is 0 Å². The molecule has 0 amide bonds. The Morgan fingerprint density at radius 1 is 1.21 bits per heavy atom. The highest BCUT2D eigenvalue weighted by Gasteiger charge is 2.14. The highest BCUT2D eigenvalue weighted by molar-refractivity contribution is 6.33. The zero-order valence-electron chi connectivity index (χ0n) is 12.1. The van der Waals surface area contributed by atoms with Crippen molar-refractivity contribution >= 4 is 28.5 Å². The first-order chi connectivity index (χ1) is 11.4. The quantitative estimate of drug-likeness (QED) is 0.577. The van der Waals surface area contributed by atoms with E-state index in [1.165, 1.54) is 24.3 Å². The van der Waals surface area contributed by atoms with Gasteiger partial charge in [-0.15, -0.1) is 0 Å². The second-order valence-electron chi connectivity index (χ2n) is 4.97. The van der Waals surface area contributed by atoms with E-state index >= 15 is 0 Å². The SMILES string of the molecule is O=C(OCc1cc(=O)oc2cc(O)ccc12)c1ccc(F)cc1Cl. The fourth-order valence-corrected chi connectivity index (χ4v) is 2.46. The van der Waals surface area contributed by atoms with Gasteiger partial charge in [0.25, 0.3) is 0 Å². The van der Waals surface area contributed by atoms with Crippen molar-refractivity contribution in [2.24, 2.45) is 0 Å². The van der Waals surface area contributed by atoms with Gasteiger partial charge < -0.3 is 14.3 Å². The lowest BCUT2D eigenvalue weighted by atomic mass is 10.1. The molecule has 0 aliphatic rings. The molecule has 3 aromatic rings. The summed E-state index contributed by atoms with van der Waals surface area (Å²) >= 11 is 5.81. The number of carbonyl (C=O) groups excluding carboxylic acids is 1. The van der Waals surface area contributed by atoms with Crippen molar-refractivity contribution in [3.63, 3.8) is 0 Å². The van der Waals surface area contributed by atoms with E-state index in [0.29, 0.717) is 10.9 Å². The normalized spacial score (nSPS) is 10.8. The summed E-state index contributed by atoms with van der Waals surface area (Å²) in [6, 6.07) is 8.77. The number of carbonyl (C=O) groups is 1. The van der Waals surface area contributed by atoms with Crippen molar-refractivity contribution in [1.82, 2.24) is 0 Å². The molecule has 5 nitrogen and oxygen atoms in total. The molecular weight excluding hydrogens is 339 g/mol. The maximum atomic E-state index is 13.0. The molecule has 122 valence electrons. The second kappa shape index (κ2) is 6.33. The number of ether oxygens (including phenoxy) is 1. The number of halogens is 2. The van der Waals surface area contributed by atoms with Crippen molar-refractivity contribution < 1.29 is 23.4 Å². The predicted octanol–water partition coefficient (Wildman–Crippen LogP) is 3.65. The summed E-state index contributed by atoms with van der Waals surface area (Å²) in [4.78, 5) is 23.6. The summed E-state index contributed by atoms with van der Waals surface area (Å²) in [6.07, 6.45) is 0. The van der Waals surface area contributed by atoms with E-state index in [1.807, 2.05) is 0 Å². The van der Waals surface area contributed by atoms with E-state index in [2.05, 4.69) is 0 Å². The molecule has 2 aromatic carbocycles. The third-order valence-electron chi connectivity index (χ3n) is 3.32. The largest absolute Gasteiger partial charge is 0.508 e. The van der Waals surface area contributed by atoms with Crippen LogP contribution in [-0.2, 0) is 11.3 Å². The highest BCUT2D eigenvalue weighted by atomic mass is 35.5. The van der Waals surface area contributed by atoms with Gasteiger partial charge in [0.1, 0.15) is 23.8 Å². The summed E-state index contributed by atoms with van der Waals surface area (Å²) in [6.45, 7) is -0.209. The molecule has 0 fully saturated rings. The summed E-state index contributed by atoms with van der Waals surface area (Å²) in [5.74, 6) is -1.37. The van der Waals surface area contributed by atoms with E-state index < -0.39 is 17.4 Å². The molecule has 0 atom stereocenters. The average molecular weight is 349 g/mol. The van der Waals surface area contributed by atoms with Crippen LogP contribution in [0.25, 0.3) is 11.0 Å². The van der Waals surface area contributed by atoms with Crippen LogP contribution >= 0.6 is 11.6 Å². The van der Waals surface area contributed by atoms with Crippen molar-refractivity contribution in [3.05, 3.63) is 74.9 Å². The van der Waals surface area contributed by atoms with Crippen LogP contribution in [0.1, 0.15) is 15.9 Å². The Kier molecular flexibility index (Phi) is 4.22. The minimum absolute atomic E-state index is 0.0167. The average Bonchev–Trinajstić information content (AvgIpc) is 2.51. The Labute approximate surface area is 139 Å². The topological polar surface area (TPSA) is 76.7 Å². The van der Waals surface area contributed by atoms with Gasteiger partial charge in [0.05, 0.1) is 10.6 Å². The number of aromatic hydroxyl groups is 1. The molecule has 3 rings (SSSR count). The van der Waals surface area contributed by atoms with Crippen LogP contribution in [0.4, 0.5) is 4.39 Å². The van der Waals surface area contributed by atoms with Gasteiger partial charge in [0.15, 0.2) is 0 Å². The third-order valence-corrected chi connectivity index (χ3v) is 3.64. The molecule has 0 bridgehead atoms. The predicted molar refractivity (Wildman–Crippen MR) is 84.7 cm³/mol. The van der Waals surface area contributed by atoms with Gasteiger partial charge >= 0.3 is 11.6 Å². The third kappa shape index (κ3) is 3.23. The minimum atomic E-state index is -0.750. The molecule has 0 aliphatic heterocycles. The first kappa shape index (κ1) is 16.0. The van der Waals surface area contributed by atoms with E-state index in [-0.39, 0.29) is 28.5 Å². The standard InChI is InChI=1S/C17H10ClFO5/c18-14-6-10(19)1-3-13(14)17(22)23-8-9-5-16(21)24-15-7-11(20)2-4-12(9)15/h1-7,20H,8H2. The highest BCUT2D eigenvalue weighted by Crippen LogP contribution is 2.23. The lowest BCUT2D eigenvalue weighted by molar-refractivity contribution is 0.0474. The molecule has 0 unspecified atom stereocenters. The summed E-state index contributed by atoms with van der Waals surface area (Å²) in [5.41, 5.74) is -0.0388. The zero-order chi connectivity index (χ0) is 17.3. The van der Waals surface area contributed by atoms with Crippen molar-refractivity contribution in [2.45, 2.75) is 6.61 Å². The van der Waals surface area contributed by atoms with Gasteiger partial charge in [-0.05, 0) is 30.3 Å². The number of benzene rings is 2. The minimum Gasteiger partial charge on any atom is -0.508 e. The molecule has 1 N–H and O–H groups in total. The summed E-state index contributed by atoms with van der Waals surface area (Å²) in [7, 11) is 0. The number of hydrogen-bond donors (Lipinski definition) is 1. The Hall–Kier alpha value is -2.86. The lowest BCUT2D eigenvalue weighted by Gasteiger charge is -2.08. The number of phenolic OH excluding ortho intramolecular Hbond substituents is 1. The van der Waals surface area contributed by atoms with Crippen molar-refractivity contribution in [3.8, 4) is 5.75 Å². The van der Waals surface area contributed by atoms with Crippen LogP contribution < -0.4 is 5.63 Å². The van der Waals surface area contributed by atoms with E-state index in [0.717, 1.165) is 12.1 Å². The second-order valence-corrected chi connectivity index (χ2v) is 5.38. The summed E-state index contributed by atoms with van der Waals surface area (Å²) in [5, 5.41) is 9.89. The molecule has 1 heterocycles. The van der Waals surface area contributed by atoms with E-state index in [9.17, 15) is 19.1 Å². The van der Waals surface area contributed by atoms with E-state index in [1.54, 1.807) is 6.07 Å².